The van der Waals surface area contributed by atoms with Crippen LogP contribution in [0.3, 0.4) is 0 Å². The number of rotatable bonds is 10. The van der Waals surface area contributed by atoms with Crippen LogP contribution in [0.2, 0.25) is 0 Å². The number of anilines is 1. The largest absolute Gasteiger partial charge is 0.497 e. The molecule has 1 amide bonds. The number of hydrogen-bond acceptors (Lipinski definition) is 8. The topological polar surface area (TPSA) is 105 Å². The number of nitrogens with one attached hydrogen (secondary N) is 1. The summed E-state index contributed by atoms with van der Waals surface area (Å²) < 4.78 is 28.7. The van der Waals surface area contributed by atoms with E-state index in [1.165, 1.54) is 21.3 Å². The summed E-state index contributed by atoms with van der Waals surface area (Å²) in [7, 11) is 7.82. The Morgan fingerprint density at radius 2 is 1.47 bits per heavy atom. The summed E-state index contributed by atoms with van der Waals surface area (Å²) in [6.07, 6.45) is 0.756. The lowest BCUT2D eigenvalue weighted by atomic mass is 10.1. The van der Waals surface area contributed by atoms with Crippen LogP contribution >= 0.6 is 0 Å². The van der Waals surface area contributed by atoms with Crippen molar-refractivity contribution in [2.45, 2.75) is 26.7 Å². The molecule has 38 heavy (non-hydrogen) atoms. The fourth-order valence-corrected chi connectivity index (χ4v) is 4.40. The van der Waals surface area contributed by atoms with E-state index in [9.17, 15) is 4.79 Å². The van der Waals surface area contributed by atoms with E-state index >= 15 is 0 Å². The third-order valence-electron chi connectivity index (χ3n) is 6.36. The van der Waals surface area contributed by atoms with Gasteiger partial charge in [-0.1, -0.05) is 0 Å². The molecule has 0 spiro atoms. The zero-order valence-electron chi connectivity index (χ0n) is 22.7. The fourth-order valence-electron chi connectivity index (χ4n) is 4.40. The van der Waals surface area contributed by atoms with Crippen LogP contribution in [0.4, 0.5) is 5.69 Å². The molecule has 2 heterocycles. The number of fused-ring (bicyclic) bond motifs is 1. The Hall–Kier alpha value is -4.47. The average Bonchev–Trinajstić information content (AvgIpc) is 3.36. The number of ether oxygens (including phenoxy) is 5. The van der Waals surface area contributed by atoms with Gasteiger partial charge in [-0.05, 0) is 38.0 Å². The van der Waals surface area contributed by atoms with Crippen LogP contribution in [0.25, 0.3) is 16.9 Å². The molecule has 0 saturated carbocycles. The molecule has 10 nitrogen and oxygen atoms in total. The summed E-state index contributed by atoms with van der Waals surface area (Å²) in [5.74, 6) is 2.60. The van der Waals surface area contributed by atoms with Crippen LogP contribution in [-0.4, -0.2) is 56.1 Å². The Bertz CT molecular complexity index is 1430. The monoisotopic (exact) mass is 520 g/mol. The summed E-state index contributed by atoms with van der Waals surface area (Å²) in [6.45, 7) is 3.93. The van der Waals surface area contributed by atoms with Crippen LogP contribution in [-0.2, 0) is 11.2 Å². The number of aromatic nitrogens is 3. The van der Waals surface area contributed by atoms with Gasteiger partial charge in [0.1, 0.15) is 11.5 Å². The zero-order valence-corrected chi connectivity index (χ0v) is 22.7. The lowest BCUT2D eigenvalue weighted by molar-refractivity contribution is -0.116. The predicted molar refractivity (Wildman–Crippen MR) is 144 cm³/mol. The Morgan fingerprint density at radius 3 is 2.03 bits per heavy atom. The number of carbonyl (C=O) groups excluding carboxylic acids is 1. The van der Waals surface area contributed by atoms with E-state index < -0.39 is 0 Å². The van der Waals surface area contributed by atoms with Crippen LogP contribution < -0.4 is 29.0 Å². The minimum absolute atomic E-state index is 0.150. The first-order chi connectivity index (χ1) is 18.3. The molecule has 0 unspecified atom stereocenters. The van der Waals surface area contributed by atoms with Gasteiger partial charge in [0.15, 0.2) is 17.1 Å². The maximum absolute atomic E-state index is 12.8. The molecule has 4 rings (SSSR count). The van der Waals surface area contributed by atoms with E-state index in [0.29, 0.717) is 40.9 Å². The summed E-state index contributed by atoms with van der Waals surface area (Å²) >= 11 is 0. The number of carbonyl (C=O) groups is 1. The highest BCUT2D eigenvalue weighted by molar-refractivity contribution is 5.91. The second-order valence-corrected chi connectivity index (χ2v) is 8.62. The van der Waals surface area contributed by atoms with Crippen LogP contribution in [0.1, 0.15) is 23.4 Å². The zero-order chi connectivity index (χ0) is 27.4. The van der Waals surface area contributed by atoms with E-state index in [-0.39, 0.29) is 12.3 Å². The Morgan fingerprint density at radius 1 is 0.842 bits per heavy atom. The number of methoxy groups -OCH3 is 5. The van der Waals surface area contributed by atoms with Gasteiger partial charge in [-0.15, -0.1) is 0 Å². The lowest BCUT2D eigenvalue weighted by Crippen LogP contribution is -2.14. The molecule has 4 aromatic rings. The summed E-state index contributed by atoms with van der Waals surface area (Å²) in [5, 5.41) is 7.70. The van der Waals surface area contributed by atoms with Gasteiger partial charge in [-0.2, -0.15) is 5.10 Å². The first kappa shape index (κ1) is 26.6. The smallest absolute Gasteiger partial charge is 0.224 e. The van der Waals surface area contributed by atoms with Gasteiger partial charge in [0.2, 0.25) is 11.7 Å². The van der Waals surface area contributed by atoms with Crippen LogP contribution in [0, 0.1) is 13.8 Å². The highest BCUT2D eigenvalue weighted by Crippen LogP contribution is 2.40. The number of amides is 1. The normalized spacial score (nSPS) is 10.8. The molecular weight excluding hydrogens is 488 g/mol. The highest BCUT2D eigenvalue weighted by atomic mass is 16.5. The molecule has 0 aliphatic rings. The van der Waals surface area contributed by atoms with Gasteiger partial charge < -0.3 is 29.0 Å². The molecule has 2 aromatic heterocycles. The third kappa shape index (κ3) is 5.29. The fraction of sp³-hybridized carbons (Fsp3) is 0.321. The number of aryl methyl sites for hydroxylation is 2. The molecule has 0 aliphatic carbocycles. The SMILES string of the molecule is COc1cc(OC)cc(-c2cc3nc(C)c(CCC(=O)Nc4cc(OC)c(OC)c(OC)c4)c(C)n3n2)c1. The quantitative estimate of drug-likeness (QED) is 0.323. The summed E-state index contributed by atoms with van der Waals surface area (Å²) in [6, 6.07) is 10.9. The van der Waals surface area contributed by atoms with Crippen molar-refractivity contribution in [3.05, 3.63) is 53.3 Å². The first-order valence-corrected chi connectivity index (χ1v) is 12.0. The van der Waals surface area contributed by atoms with E-state index in [2.05, 4.69) is 5.32 Å². The van der Waals surface area contributed by atoms with Crippen molar-refractivity contribution in [3.63, 3.8) is 0 Å². The summed E-state index contributed by atoms with van der Waals surface area (Å²) in [5.41, 5.74) is 5.62. The molecule has 2 aromatic carbocycles. The maximum atomic E-state index is 12.8. The van der Waals surface area contributed by atoms with Crippen molar-refractivity contribution in [1.82, 2.24) is 14.6 Å². The standard InChI is InChI=1S/C28H32N4O6/c1-16-22(8-9-27(33)30-19-12-24(36-5)28(38-7)25(13-19)37-6)17(2)32-26(29-16)15-23(31-32)18-10-20(34-3)14-21(11-18)35-4/h10-15H,8-9H2,1-7H3,(H,30,33). The molecule has 0 saturated heterocycles. The minimum atomic E-state index is -0.150. The molecule has 0 radical (unpaired) electrons. The highest BCUT2D eigenvalue weighted by Gasteiger charge is 2.17. The average molecular weight is 521 g/mol. The number of hydrogen-bond donors (Lipinski definition) is 1. The first-order valence-electron chi connectivity index (χ1n) is 12.0. The third-order valence-corrected chi connectivity index (χ3v) is 6.36. The van der Waals surface area contributed by atoms with Crippen LogP contribution in [0.15, 0.2) is 36.4 Å². The van der Waals surface area contributed by atoms with Crippen molar-refractivity contribution in [2.75, 3.05) is 40.9 Å². The van der Waals surface area contributed by atoms with Crippen molar-refractivity contribution in [2.24, 2.45) is 0 Å². The molecule has 0 bridgehead atoms. The molecule has 0 fully saturated rings. The van der Waals surface area contributed by atoms with Crippen molar-refractivity contribution in [1.29, 1.82) is 0 Å². The molecule has 200 valence electrons. The Labute approximate surface area is 221 Å². The van der Waals surface area contributed by atoms with Gasteiger partial charge in [0.05, 0.1) is 41.2 Å². The van der Waals surface area contributed by atoms with E-state index in [0.717, 1.165) is 33.9 Å². The van der Waals surface area contributed by atoms with Crippen molar-refractivity contribution >= 4 is 17.2 Å². The van der Waals surface area contributed by atoms with E-state index in [1.54, 1.807) is 30.9 Å². The predicted octanol–water partition coefficient (Wildman–Crippen LogP) is 4.63. The maximum Gasteiger partial charge on any atom is 0.224 e. The summed E-state index contributed by atoms with van der Waals surface area (Å²) in [4.78, 5) is 17.6. The van der Waals surface area contributed by atoms with Gasteiger partial charge in [0.25, 0.3) is 0 Å². The lowest BCUT2D eigenvalue weighted by Gasteiger charge is -2.15. The Balaban J connectivity index is 1.56. The van der Waals surface area contributed by atoms with Gasteiger partial charge in [0, 0.05) is 53.3 Å². The molecule has 10 heteroatoms. The van der Waals surface area contributed by atoms with Crippen molar-refractivity contribution in [3.8, 4) is 40.0 Å². The van der Waals surface area contributed by atoms with Gasteiger partial charge in [-0.25, -0.2) is 9.50 Å². The number of nitrogens with zero attached hydrogens (tertiary/aromatic N) is 3. The molecule has 1 N–H and O–H groups in total. The minimum Gasteiger partial charge on any atom is -0.497 e. The second kappa shape index (κ2) is 11.3. The van der Waals surface area contributed by atoms with E-state index in [4.69, 9.17) is 33.8 Å². The molecular formula is C28H32N4O6. The van der Waals surface area contributed by atoms with Crippen molar-refractivity contribution < 1.29 is 28.5 Å². The molecule has 0 aliphatic heterocycles. The van der Waals surface area contributed by atoms with Gasteiger partial charge >= 0.3 is 0 Å². The van der Waals surface area contributed by atoms with E-state index in [1.807, 2.05) is 38.1 Å². The molecule has 0 atom stereocenters. The second-order valence-electron chi connectivity index (χ2n) is 8.62. The van der Waals surface area contributed by atoms with Gasteiger partial charge in [-0.3, -0.25) is 4.79 Å². The Kier molecular flexibility index (Phi) is 7.90. The number of benzene rings is 2. The van der Waals surface area contributed by atoms with Crippen LogP contribution in [0.5, 0.6) is 28.7 Å².